The average Bonchev–Trinajstić information content (AvgIpc) is 3.55. The van der Waals surface area contributed by atoms with Crippen molar-refractivity contribution in [3.05, 3.63) is 89.0 Å². The van der Waals surface area contributed by atoms with E-state index in [9.17, 15) is 4.79 Å². The number of aromatic nitrogens is 1. The Balaban J connectivity index is 0.928. The van der Waals surface area contributed by atoms with Crippen LogP contribution in [0.1, 0.15) is 44.6 Å². The molecule has 0 unspecified atom stereocenters. The molecular weight excluding hydrogens is 566 g/mol. The summed E-state index contributed by atoms with van der Waals surface area (Å²) in [6.07, 6.45) is 7.31. The van der Waals surface area contributed by atoms with E-state index in [1.807, 2.05) is 18.2 Å². The Morgan fingerprint density at radius 2 is 1.51 bits per heavy atom. The topological polar surface area (TPSA) is 90.0 Å². The van der Waals surface area contributed by atoms with Crippen LogP contribution in [0.15, 0.2) is 86.6 Å². The second kappa shape index (κ2) is 14.6. The molecule has 0 spiro atoms. The highest BCUT2D eigenvalue weighted by atomic mass is 16.5. The summed E-state index contributed by atoms with van der Waals surface area (Å²) >= 11 is 0. The molecule has 0 fully saturated rings. The van der Waals surface area contributed by atoms with Gasteiger partial charge >= 0.3 is 5.63 Å². The molecule has 3 heterocycles. The first-order valence-corrected chi connectivity index (χ1v) is 16.0. The minimum Gasteiger partial charge on any atom is -0.490 e. The van der Waals surface area contributed by atoms with E-state index in [1.165, 1.54) is 41.8 Å². The van der Waals surface area contributed by atoms with Gasteiger partial charge in [0.2, 0.25) is 5.75 Å². The van der Waals surface area contributed by atoms with Crippen LogP contribution in [-0.2, 0) is 11.3 Å². The first kappa shape index (κ1) is 30.6. The molecule has 1 N–H and O–H groups in total. The van der Waals surface area contributed by atoms with Gasteiger partial charge in [0.05, 0.1) is 36.7 Å². The molecule has 8 heteroatoms. The maximum atomic E-state index is 11.9. The summed E-state index contributed by atoms with van der Waals surface area (Å²) in [5.41, 5.74) is 4.71. The number of fused-ring (bicyclic) bond motifs is 4. The van der Waals surface area contributed by atoms with Gasteiger partial charge in [-0.05, 0) is 56.6 Å². The van der Waals surface area contributed by atoms with Crippen LogP contribution in [0.3, 0.4) is 0 Å². The Labute approximate surface area is 262 Å². The number of hydrogen-bond acceptors (Lipinski definition) is 8. The Bertz CT molecular complexity index is 1890. The molecule has 0 bridgehead atoms. The van der Waals surface area contributed by atoms with Crippen molar-refractivity contribution >= 4 is 49.4 Å². The number of anilines is 1. The van der Waals surface area contributed by atoms with Crippen LogP contribution in [0.4, 0.5) is 5.69 Å². The number of unbranched alkanes of at least 4 members (excludes halogenated alkanes) is 3. The highest BCUT2D eigenvalue weighted by Crippen LogP contribution is 2.38. The zero-order chi connectivity index (χ0) is 31.0. The second-order valence-corrected chi connectivity index (χ2v) is 11.4. The highest BCUT2D eigenvalue weighted by Gasteiger charge is 2.19. The van der Waals surface area contributed by atoms with Crippen LogP contribution in [0.25, 0.3) is 43.7 Å². The number of hydrogen-bond donors (Lipinski definition) is 1. The van der Waals surface area contributed by atoms with E-state index in [1.54, 1.807) is 19.4 Å². The maximum absolute atomic E-state index is 11.9. The fraction of sp³-hybridized carbons (Fsp3) is 0.351. The normalized spacial score (nSPS) is 11.8. The van der Waals surface area contributed by atoms with E-state index in [0.29, 0.717) is 30.1 Å². The van der Waals surface area contributed by atoms with Crippen molar-refractivity contribution in [2.24, 2.45) is 0 Å². The lowest BCUT2D eigenvalue weighted by Crippen LogP contribution is -2.26. The number of furan rings is 1. The van der Waals surface area contributed by atoms with Gasteiger partial charge in [-0.25, -0.2) is 9.78 Å². The van der Waals surface area contributed by atoms with Crippen LogP contribution in [0, 0.1) is 0 Å². The van der Waals surface area contributed by atoms with E-state index in [-0.39, 0.29) is 0 Å². The quantitative estimate of drug-likeness (QED) is 0.0670. The summed E-state index contributed by atoms with van der Waals surface area (Å²) in [6, 6.07) is 21.8. The summed E-state index contributed by atoms with van der Waals surface area (Å²) in [5, 5.41) is 7.79. The molecule has 0 aliphatic carbocycles. The molecule has 6 rings (SSSR count). The Morgan fingerprint density at radius 3 is 2.27 bits per heavy atom. The fourth-order valence-corrected chi connectivity index (χ4v) is 6.19. The molecule has 8 nitrogen and oxygen atoms in total. The molecule has 6 aromatic rings. The van der Waals surface area contributed by atoms with Gasteiger partial charge in [-0.2, -0.15) is 0 Å². The number of nitrogens with zero attached hydrogens (tertiary/aromatic N) is 2. The van der Waals surface area contributed by atoms with Gasteiger partial charge in [0, 0.05) is 52.9 Å². The molecule has 0 saturated heterocycles. The monoisotopic (exact) mass is 607 g/mol. The van der Waals surface area contributed by atoms with Crippen LogP contribution >= 0.6 is 0 Å². The third-order valence-corrected chi connectivity index (χ3v) is 8.51. The lowest BCUT2D eigenvalue weighted by molar-refractivity contribution is 0.110. The van der Waals surface area contributed by atoms with Gasteiger partial charge in [-0.1, -0.05) is 56.2 Å². The third-order valence-electron chi connectivity index (χ3n) is 8.51. The first-order valence-electron chi connectivity index (χ1n) is 16.0. The van der Waals surface area contributed by atoms with E-state index in [0.717, 1.165) is 66.4 Å². The smallest absolute Gasteiger partial charge is 0.336 e. The number of para-hydroxylation sites is 2. The molecule has 0 atom stereocenters. The van der Waals surface area contributed by atoms with Crippen molar-refractivity contribution in [1.29, 1.82) is 0 Å². The largest absolute Gasteiger partial charge is 0.490 e. The minimum absolute atomic E-state index is 0.387. The van der Waals surface area contributed by atoms with Gasteiger partial charge in [-0.15, -0.1) is 0 Å². The zero-order valence-electron chi connectivity index (χ0n) is 26.1. The molecule has 0 aliphatic rings. The van der Waals surface area contributed by atoms with Crippen LogP contribution in [0.5, 0.6) is 5.75 Å². The molecule has 45 heavy (non-hydrogen) atoms. The number of ether oxygens (including phenoxy) is 2. The summed E-state index contributed by atoms with van der Waals surface area (Å²) in [6.45, 7) is 7.34. The molecule has 0 aliphatic heterocycles. The number of benzene rings is 3. The molecule has 3 aromatic carbocycles. The summed E-state index contributed by atoms with van der Waals surface area (Å²) in [4.78, 5) is 19.2. The summed E-state index contributed by atoms with van der Waals surface area (Å²) in [5.74, 6) is 0.428. The maximum Gasteiger partial charge on any atom is 0.336 e. The van der Waals surface area contributed by atoms with Gasteiger partial charge in [0.1, 0.15) is 0 Å². The number of nitrogens with one attached hydrogen (secondary N) is 1. The van der Waals surface area contributed by atoms with Crippen molar-refractivity contribution in [1.82, 2.24) is 9.88 Å². The van der Waals surface area contributed by atoms with Gasteiger partial charge < -0.3 is 28.5 Å². The molecule has 0 amide bonds. The molecular formula is C37H41N3O5. The molecule has 0 radical (unpaired) electrons. The second-order valence-electron chi connectivity index (χ2n) is 11.4. The van der Waals surface area contributed by atoms with Gasteiger partial charge in [0.25, 0.3) is 0 Å². The number of rotatable bonds is 16. The van der Waals surface area contributed by atoms with Crippen molar-refractivity contribution in [2.75, 3.05) is 45.2 Å². The number of methoxy groups -OCH3 is 1. The van der Waals surface area contributed by atoms with E-state index >= 15 is 0 Å². The Morgan fingerprint density at radius 1 is 0.800 bits per heavy atom. The predicted octanol–water partition coefficient (Wildman–Crippen LogP) is 8.15. The Hall–Kier alpha value is -4.40. The average molecular weight is 608 g/mol. The van der Waals surface area contributed by atoms with Crippen LogP contribution in [0.2, 0.25) is 0 Å². The zero-order valence-corrected chi connectivity index (χ0v) is 26.1. The summed E-state index contributed by atoms with van der Waals surface area (Å²) < 4.78 is 22.8. The fourth-order valence-electron chi connectivity index (χ4n) is 6.19. The number of pyridine rings is 1. The predicted molar refractivity (Wildman–Crippen MR) is 181 cm³/mol. The highest BCUT2D eigenvalue weighted by molar-refractivity contribution is 6.07. The van der Waals surface area contributed by atoms with E-state index < -0.39 is 5.63 Å². The minimum atomic E-state index is -0.428. The van der Waals surface area contributed by atoms with Gasteiger partial charge in [-0.3, -0.25) is 0 Å². The van der Waals surface area contributed by atoms with Gasteiger partial charge in [0.15, 0.2) is 11.2 Å². The van der Waals surface area contributed by atoms with E-state index in [2.05, 4.69) is 53.5 Å². The third kappa shape index (κ3) is 6.82. The van der Waals surface area contributed by atoms with Crippen molar-refractivity contribution < 1.29 is 18.3 Å². The first-order chi connectivity index (χ1) is 22.2. The Kier molecular flexibility index (Phi) is 9.92. The molecule has 234 valence electrons. The van der Waals surface area contributed by atoms with Crippen molar-refractivity contribution in [2.45, 2.75) is 45.6 Å². The molecule has 3 aromatic heterocycles. The molecule has 0 saturated carbocycles. The standard InChI is InChI=1S/C37H41N3O5/c1-3-40(21-11-5-4-10-20-38-34-28-13-6-8-15-31(28)39-32-16-9-7-14-29(32)34)22-12-23-43-25-30-26-17-18-33(41)45-36(26)37(42-2)35-27(30)19-24-44-35/h6-9,13-19,24H,3-5,10-12,20-23,25H2,1-2H3,(H,38,39). The SMILES string of the molecule is CCN(CCCCCCNc1c2ccccc2nc2ccccc12)CCCOCc1c2ccoc2c(OC)c2oc(=O)ccc12. The lowest BCUT2D eigenvalue weighted by Gasteiger charge is -2.20. The summed E-state index contributed by atoms with van der Waals surface area (Å²) in [7, 11) is 1.55. The van der Waals surface area contributed by atoms with E-state index in [4.69, 9.17) is 23.3 Å². The van der Waals surface area contributed by atoms with Crippen molar-refractivity contribution in [3.8, 4) is 5.75 Å². The van der Waals surface area contributed by atoms with Crippen LogP contribution < -0.4 is 15.7 Å². The van der Waals surface area contributed by atoms with Crippen molar-refractivity contribution in [3.63, 3.8) is 0 Å². The lowest BCUT2D eigenvalue weighted by atomic mass is 10.0. The van der Waals surface area contributed by atoms with Crippen LogP contribution in [-0.4, -0.2) is 49.8 Å².